The van der Waals surface area contributed by atoms with E-state index in [1.54, 1.807) is 62.4 Å². The largest absolute Gasteiger partial charge is 0.423 e. The molecule has 35 heavy (non-hydrogen) atoms. The van der Waals surface area contributed by atoms with E-state index in [0.717, 1.165) is 27.8 Å². The minimum Gasteiger partial charge on any atom is -0.423 e. The summed E-state index contributed by atoms with van der Waals surface area (Å²) in [6.07, 6.45) is 0. The molecule has 172 valence electrons. The van der Waals surface area contributed by atoms with Crippen molar-refractivity contribution in [2.45, 2.75) is 20.8 Å². The number of carbonyl (C=O) groups excluding carboxylic acids is 2. The van der Waals surface area contributed by atoms with Gasteiger partial charge in [0.2, 0.25) is 0 Å². The topological polar surface area (TPSA) is 52.6 Å². The van der Waals surface area contributed by atoms with Gasteiger partial charge in [-0.15, -0.1) is 0 Å². The van der Waals surface area contributed by atoms with Gasteiger partial charge < -0.3 is 9.47 Å². The molecule has 3 rings (SSSR count). The molecule has 0 aromatic heterocycles. The molecule has 3 aromatic rings. The molecule has 0 bridgehead atoms. The van der Waals surface area contributed by atoms with Gasteiger partial charge in [0, 0.05) is 33.4 Å². The number of esters is 2. The lowest BCUT2D eigenvalue weighted by Gasteiger charge is -2.03. The van der Waals surface area contributed by atoms with Crippen LogP contribution in [0.1, 0.15) is 41.7 Å². The molecule has 0 saturated carbocycles. The number of hydrogen-bond acceptors (Lipinski definition) is 4. The third kappa shape index (κ3) is 7.35. The van der Waals surface area contributed by atoms with Gasteiger partial charge in [0.05, 0.1) is 0 Å². The standard InChI is InChI=1S/C31H24O4/c1-21(2)30(32)34-28-16-10-24(11-17-28)6-7-26-9-15-27(23(5)20-26)14-8-25-12-18-29(19-13-25)35-31(33)22(3)4/h9-13,15-20H,1,3H2,2,4-5H3. The fraction of sp³-hybridized carbons (Fsp3) is 0.0968. The highest BCUT2D eigenvalue weighted by molar-refractivity contribution is 5.89. The molecule has 0 spiro atoms. The number of hydrogen-bond donors (Lipinski definition) is 0. The molecule has 0 fully saturated rings. The summed E-state index contributed by atoms with van der Waals surface area (Å²) in [5.41, 5.74) is 5.08. The summed E-state index contributed by atoms with van der Waals surface area (Å²) in [4.78, 5) is 23.2. The molecule has 4 nitrogen and oxygen atoms in total. The van der Waals surface area contributed by atoms with Crippen LogP contribution in [0.25, 0.3) is 0 Å². The zero-order valence-corrected chi connectivity index (χ0v) is 19.9. The Morgan fingerprint density at radius 2 is 1.03 bits per heavy atom. The fourth-order valence-corrected chi connectivity index (χ4v) is 2.77. The molecule has 4 heteroatoms. The van der Waals surface area contributed by atoms with Crippen LogP contribution in [0.2, 0.25) is 0 Å². The van der Waals surface area contributed by atoms with E-state index in [0.29, 0.717) is 22.6 Å². The van der Waals surface area contributed by atoms with Crippen molar-refractivity contribution in [1.82, 2.24) is 0 Å². The van der Waals surface area contributed by atoms with Gasteiger partial charge in [-0.3, -0.25) is 0 Å². The summed E-state index contributed by atoms with van der Waals surface area (Å²) < 4.78 is 10.4. The van der Waals surface area contributed by atoms with Crippen molar-refractivity contribution in [3.63, 3.8) is 0 Å². The van der Waals surface area contributed by atoms with Crippen LogP contribution in [0.15, 0.2) is 91.0 Å². The van der Waals surface area contributed by atoms with E-state index in [4.69, 9.17) is 9.47 Å². The molecule has 0 aliphatic carbocycles. The van der Waals surface area contributed by atoms with Crippen molar-refractivity contribution in [1.29, 1.82) is 0 Å². The molecule has 0 radical (unpaired) electrons. The molecule has 0 saturated heterocycles. The normalized spacial score (nSPS) is 9.57. The van der Waals surface area contributed by atoms with Gasteiger partial charge >= 0.3 is 11.9 Å². The van der Waals surface area contributed by atoms with Crippen LogP contribution in [0.5, 0.6) is 11.5 Å². The molecule has 3 aromatic carbocycles. The lowest BCUT2D eigenvalue weighted by atomic mass is 10.0. The summed E-state index contributed by atoms with van der Waals surface area (Å²) in [7, 11) is 0. The Morgan fingerprint density at radius 3 is 1.46 bits per heavy atom. The summed E-state index contributed by atoms with van der Waals surface area (Å²) in [6, 6.07) is 19.8. The monoisotopic (exact) mass is 460 g/mol. The molecular formula is C31H24O4. The first-order chi connectivity index (χ1) is 16.7. The Bertz CT molecular complexity index is 1420. The van der Waals surface area contributed by atoms with E-state index in [2.05, 4.69) is 36.8 Å². The van der Waals surface area contributed by atoms with Crippen molar-refractivity contribution in [2.75, 3.05) is 0 Å². The van der Waals surface area contributed by atoms with Crippen LogP contribution >= 0.6 is 0 Å². The first-order valence-electron chi connectivity index (χ1n) is 10.8. The van der Waals surface area contributed by atoms with E-state index in [1.165, 1.54) is 0 Å². The molecular weight excluding hydrogens is 436 g/mol. The second-order valence-corrected chi connectivity index (χ2v) is 7.92. The van der Waals surface area contributed by atoms with E-state index >= 15 is 0 Å². The Kier molecular flexibility index (Phi) is 8.06. The van der Waals surface area contributed by atoms with E-state index in [9.17, 15) is 9.59 Å². The van der Waals surface area contributed by atoms with Crippen LogP contribution in [0.4, 0.5) is 0 Å². The Balaban J connectivity index is 1.66. The van der Waals surface area contributed by atoms with Crippen molar-refractivity contribution in [2.24, 2.45) is 0 Å². The Hall–Kier alpha value is -4.80. The van der Waals surface area contributed by atoms with Gasteiger partial charge in [-0.05, 0) is 93.1 Å². The van der Waals surface area contributed by atoms with E-state index < -0.39 is 11.9 Å². The van der Waals surface area contributed by atoms with Crippen LogP contribution in [-0.4, -0.2) is 11.9 Å². The highest BCUT2D eigenvalue weighted by Crippen LogP contribution is 2.15. The summed E-state index contributed by atoms with van der Waals surface area (Å²) in [6.45, 7) is 12.3. The van der Waals surface area contributed by atoms with Crippen LogP contribution in [0, 0.1) is 30.6 Å². The quantitative estimate of drug-likeness (QED) is 0.215. The maximum atomic E-state index is 11.6. The van der Waals surface area contributed by atoms with Gasteiger partial charge in [0.1, 0.15) is 11.5 Å². The maximum Gasteiger partial charge on any atom is 0.338 e. The molecule has 0 unspecified atom stereocenters. The van der Waals surface area contributed by atoms with Crippen LogP contribution < -0.4 is 9.47 Å². The van der Waals surface area contributed by atoms with E-state index in [-0.39, 0.29) is 0 Å². The van der Waals surface area contributed by atoms with Gasteiger partial charge in [-0.1, -0.05) is 36.8 Å². The number of ether oxygens (including phenoxy) is 2. The maximum absolute atomic E-state index is 11.6. The van der Waals surface area contributed by atoms with Gasteiger partial charge in [-0.2, -0.15) is 0 Å². The average molecular weight is 461 g/mol. The first kappa shape index (κ1) is 24.8. The molecule has 0 aliphatic heterocycles. The van der Waals surface area contributed by atoms with Crippen molar-refractivity contribution in [3.8, 4) is 35.2 Å². The molecule has 0 heterocycles. The Labute approximate surface area is 205 Å². The molecule has 0 amide bonds. The second-order valence-electron chi connectivity index (χ2n) is 7.92. The van der Waals surface area contributed by atoms with Crippen molar-refractivity contribution < 1.29 is 19.1 Å². The lowest BCUT2D eigenvalue weighted by molar-refractivity contribution is -0.130. The molecule has 0 aliphatic rings. The lowest BCUT2D eigenvalue weighted by Crippen LogP contribution is -2.07. The zero-order chi connectivity index (χ0) is 25.4. The summed E-state index contributed by atoms with van der Waals surface area (Å²) >= 11 is 0. The van der Waals surface area contributed by atoms with Gasteiger partial charge in [0.15, 0.2) is 0 Å². The van der Waals surface area contributed by atoms with E-state index in [1.807, 2.05) is 25.1 Å². The van der Waals surface area contributed by atoms with Crippen molar-refractivity contribution >= 4 is 11.9 Å². The average Bonchev–Trinajstić information content (AvgIpc) is 2.83. The predicted octanol–water partition coefficient (Wildman–Crippen LogP) is 5.76. The third-order valence-electron chi connectivity index (χ3n) is 4.75. The summed E-state index contributed by atoms with van der Waals surface area (Å²) in [5, 5.41) is 0. The zero-order valence-electron chi connectivity index (χ0n) is 19.9. The number of benzene rings is 3. The fourth-order valence-electron chi connectivity index (χ4n) is 2.77. The van der Waals surface area contributed by atoms with Gasteiger partial charge in [0.25, 0.3) is 0 Å². The highest BCUT2D eigenvalue weighted by atomic mass is 16.5. The third-order valence-corrected chi connectivity index (χ3v) is 4.75. The minimum atomic E-state index is -0.455. The summed E-state index contributed by atoms with van der Waals surface area (Å²) in [5.74, 6) is 12.5. The molecule has 0 atom stereocenters. The molecule has 0 N–H and O–H groups in total. The number of carbonyl (C=O) groups is 2. The highest BCUT2D eigenvalue weighted by Gasteiger charge is 2.05. The SMILES string of the molecule is C=C(C)C(=O)Oc1ccc(C#Cc2ccc(C#Cc3ccc(OC(=O)C(=C)C)cc3)c(C)c2)cc1. The first-order valence-corrected chi connectivity index (χ1v) is 10.8. The van der Waals surface area contributed by atoms with Crippen LogP contribution in [-0.2, 0) is 9.59 Å². The Morgan fingerprint density at radius 1 is 0.629 bits per heavy atom. The minimum absolute atomic E-state index is 0.344. The predicted molar refractivity (Wildman–Crippen MR) is 137 cm³/mol. The van der Waals surface area contributed by atoms with Gasteiger partial charge in [-0.25, -0.2) is 9.59 Å². The second kappa shape index (κ2) is 11.4. The van der Waals surface area contributed by atoms with Crippen LogP contribution in [0.3, 0.4) is 0 Å². The number of rotatable bonds is 4. The van der Waals surface area contributed by atoms with Crippen molar-refractivity contribution in [3.05, 3.63) is 119 Å². The smallest absolute Gasteiger partial charge is 0.338 e. The number of aryl methyl sites for hydroxylation is 1.